The molecule has 0 saturated carbocycles. The normalized spacial score (nSPS) is 24.2. The Balaban J connectivity index is 1.22. The average Bonchev–Trinajstić information content (AvgIpc) is 3.52. The number of nitrogens with one attached hydrogen (secondary N) is 1. The first-order valence-electron chi connectivity index (χ1n) is 10.1. The van der Waals surface area contributed by atoms with E-state index in [1.54, 1.807) is 36.1 Å². The van der Waals surface area contributed by atoms with E-state index in [1.807, 2.05) is 30.3 Å². The second kappa shape index (κ2) is 9.15. The van der Waals surface area contributed by atoms with E-state index in [0.29, 0.717) is 23.2 Å². The number of hydrogen-bond donors (Lipinski definition) is 1. The Hall–Kier alpha value is -3.15. The molecule has 1 amide bonds. The quantitative estimate of drug-likeness (QED) is 0.600. The summed E-state index contributed by atoms with van der Waals surface area (Å²) in [6.07, 6.45) is -1.82. The minimum absolute atomic E-state index is 0.212. The second-order valence-electron chi connectivity index (χ2n) is 7.29. The number of methoxy groups -OCH3 is 1. The molecular formula is C21H21N5O5S. The van der Waals surface area contributed by atoms with Crippen molar-refractivity contribution < 1.29 is 23.7 Å². The maximum Gasteiger partial charge on any atom is 0.412 e. The van der Waals surface area contributed by atoms with Gasteiger partial charge in [-0.15, -0.1) is 5.10 Å². The van der Waals surface area contributed by atoms with Crippen molar-refractivity contribution in [2.24, 2.45) is 0 Å². The molecule has 3 aromatic rings. The predicted molar refractivity (Wildman–Crippen MR) is 114 cm³/mol. The van der Waals surface area contributed by atoms with Crippen molar-refractivity contribution in [1.29, 1.82) is 0 Å². The highest BCUT2D eigenvalue weighted by Crippen LogP contribution is 2.37. The molecule has 5 rings (SSSR count). The summed E-state index contributed by atoms with van der Waals surface area (Å²) in [4.78, 5) is 13.4. The van der Waals surface area contributed by atoms with Gasteiger partial charge < -0.3 is 18.9 Å². The molecule has 10 nitrogen and oxygen atoms in total. The van der Waals surface area contributed by atoms with Crippen LogP contribution in [-0.4, -0.2) is 64.9 Å². The molecule has 2 aliphatic heterocycles. The number of amides is 1. The number of rotatable bonds is 6. The van der Waals surface area contributed by atoms with E-state index in [1.165, 1.54) is 11.8 Å². The van der Waals surface area contributed by atoms with E-state index in [2.05, 4.69) is 20.8 Å². The average molecular weight is 455 g/mol. The lowest BCUT2D eigenvalue weighted by molar-refractivity contribution is 0.00751. The number of benzene rings is 2. The van der Waals surface area contributed by atoms with Crippen molar-refractivity contribution in [3.05, 3.63) is 54.6 Å². The summed E-state index contributed by atoms with van der Waals surface area (Å²) in [6, 6.07) is 16.7. The van der Waals surface area contributed by atoms with Crippen LogP contribution >= 0.6 is 11.8 Å². The minimum Gasteiger partial charge on any atom is -0.497 e. The largest absolute Gasteiger partial charge is 0.497 e. The summed E-state index contributed by atoms with van der Waals surface area (Å²) in [7, 11) is 1.57. The SMILES string of the molecule is COc1cccc(NC(=O)O[C@@H]2CO[C@H]3[C@@H]2OC[C@@H]3n2nnnc2Sc2ccccc2)c1. The Morgan fingerprint density at radius 2 is 1.97 bits per heavy atom. The monoisotopic (exact) mass is 455 g/mol. The molecule has 3 heterocycles. The van der Waals surface area contributed by atoms with Crippen LogP contribution in [0.2, 0.25) is 0 Å². The summed E-state index contributed by atoms with van der Waals surface area (Å²) in [5.41, 5.74) is 0.575. The van der Waals surface area contributed by atoms with Gasteiger partial charge in [-0.3, -0.25) is 5.32 Å². The molecule has 0 radical (unpaired) electrons. The van der Waals surface area contributed by atoms with E-state index in [9.17, 15) is 4.79 Å². The molecule has 0 bridgehead atoms. The molecule has 2 aliphatic rings. The van der Waals surface area contributed by atoms with Crippen LogP contribution in [0.15, 0.2) is 64.6 Å². The molecule has 0 spiro atoms. The number of hydrogen-bond acceptors (Lipinski definition) is 9. The summed E-state index contributed by atoms with van der Waals surface area (Å²) < 4.78 is 24.4. The predicted octanol–water partition coefficient (Wildman–Crippen LogP) is 2.79. The minimum atomic E-state index is -0.581. The van der Waals surface area contributed by atoms with Crippen LogP contribution in [0.1, 0.15) is 6.04 Å². The van der Waals surface area contributed by atoms with Gasteiger partial charge in [0.2, 0.25) is 5.16 Å². The lowest BCUT2D eigenvalue weighted by Crippen LogP contribution is -2.35. The van der Waals surface area contributed by atoms with Gasteiger partial charge in [0, 0.05) is 16.6 Å². The number of nitrogens with zero attached hydrogens (tertiary/aromatic N) is 4. The van der Waals surface area contributed by atoms with Crippen molar-refractivity contribution in [3.8, 4) is 5.75 Å². The van der Waals surface area contributed by atoms with Crippen LogP contribution in [0.3, 0.4) is 0 Å². The van der Waals surface area contributed by atoms with Gasteiger partial charge in [0.1, 0.15) is 24.0 Å². The summed E-state index contributed by atoms with van der Waals surface area (Å²) >= 11 is 1.47. The third kappa shape index (κ3) is 4.27. The first-order chi connectivity index (χ1) is 15.7. The zero-order valence-electron chi connectivity index (χ0n) is 17.2. The van der Waals surface area contributed by atoms with Crippen LogP contribution < -0.4 is 10.1 Å². The fourth-order valence-electron chi connectivity index (χ4n) is 3.80. The van der Waals surface area contributed by atoms with Crippen LogP contribution in [-0.2, 0) is 14.2 Å². The van der Waals surface area contributed by atoms with Crippen LogP contribution in [0, 0.1) is 0 Å². The fourth-order valence-corrected chi connectivity index (χ4v) is 4.64. The summed E-state index contributed by atoms with van der Waals surface area (Å²) in [6.45, 7) is 0.598. The Labute approximate surface area is 188 Å². The summed E-state index contributed by atoms with van der Waals surface area (Å²) in [5.74, 6) is 0.639. The van der Waals surface area contributed by atoms with E-state index >= 15 is 0 Å². The molecule has 11 heteroatoms. The maximum atomic E-state index is 12.4. The van der Waals surface area contributed by atoms with Gasteiger partial charge in [-0.25, -0.2) is 9.48 Å². The smallest absolute Gasteiger partial charge is 0.412 e. The Morgan fingerprint density at radius 1 is 1.12 bits per heavy atom. The lowest BCUT2D eigenvalue weighted by Gasteiger charge is -2.17. The molecule has 0 unspecified atom stereocenters. The molecule has 2 aromatic carbocycles. The maximum absolute atomic E-state index is 12.4. The van der Waals surface area contributed by atoms with Crippen molar-refractivity contribution >= 4 is 23.5 Å². The van der Waals surface area contributed by atoms with Gasteiger partial charge in [0.25, 0.3) is 0 Å². The molecule has 0 aliphatic carbocycles. The zero-order chi connectivity index (χ0) is 21.9. The van der Waals surface area contributed by atoms with E-state index in [4.69, 9.17) is 18.9 Å². The molecule has 166 valence electrons. The molecule has 32 heavy (non-hydrogen) atoms. The van der Waals surface area contributed by atoms with Gasteiger partial charge in [0.15, 0.2) is 6.10 Å². The lowest BCUT2D eigenvalue weighted by atomic mass is 10.1. The van der Waals surface area contributed by atoms with Gasteiger partial charge in [-0.2, -0.15) is 0 Å². The highest BCUT2D eigenvalue weighted by Gasteiger charge is 2.51. The molecule has 1 N–H and O–H groups in total. The highest BCUT2D eigenvalue weighted by atomic mass is 32.2. The van der Waals surface area contributed by atoms with Gasteiger partial charge in [-0.05, 0) is 46.5 Å². The number of fused-ring (bicyclic) bond motifs is 1. The number of aromatic nitrogens is 4. The first-order valence-corrected chi connectivity index (χ1v) is 10.9. The zero-order valence-corrected chi connectivity index (χ0v) is 18.0. The molecule has 4 atom stereocenters. The number of tetrazole rings is 1. The molecule has 2 fully saturated rings. The van der Waals surface area contributed by atoms with Crippen molar-refractivity contribution in [2.45, 2.75) is 34.4 Å². The van der Waals surface area contributed by atoms with Crippen molar-refractivity contribution in [3.63, 3.8) is 0 Å². The highest BCUT2D eigenvalue weighted by molar-refractivity contribution is 7.99. The van der Waals surface area contributed by atoms with Crippen LogP contribution in [0.25, 0.3) is 0 Å². The van der Waals surface area contributed by atoms with Gasteiger partial charge in [0.05, 0.1) is 20.3 Å². The second-order valence-corrected chi connectivity index (χ2v) is 8.33. The number of anilines is 1. The number of carbonyl (C=O) groups excluding carboxylic acids is 1. The Bertz CT molecular complexity index is 1080. The molecular weight excluding hydrogens is 434 g/mol. The van der Waals surface area contributed by atoms with Gasteiger partial charge in [-0.1, -0.05) is 24.3 Å². The van der Waals surface area contributed by atoms with Crippen LogP contribution in [0.5, 0.6) is 5.75 Å². The number of ether oxygens (including phenoxy) is 4. The third-order valence-electron chi connectivity index (χ3n) is 5.29. The fraction of sp³-hybridized carbons (Fsp3) is 0.333. The standard InChI is InChI=1S/C21H21N5O5S/c1-28-14-7-5-6-13(10-14)22-21(27)31-17-12-30-18-16(11-29-19(17)18)26-20(23-24-25-26)32-15-8-3-2-4-9-15/h2-10,16-19H,11-12H2,1H3,(H,22,27)/t16-,17+,18+,19+/m0/s1. The Kier molecular flexibility index (Phi) is 5.93. The molecule has 1 aromatic heterocycles. The Morgan fingerprint density at radius 3 is 2.81 bits per heavy atom. The molecule has 2 saturated heterocycles. The summed E-state index contributed by atoms with van der Waals surface area (Å²) in [5, 5.41) is 15.5. The van der Waals surface area contributed by atoms with Crippen LogP contribution in [0.4, 0.5) is 10.5 Å². The first kappa shape index (κ1) is 20.7. The van der Waals surface area contributed by atoms with Gasteiger partial charge >= 0.3 is 6.09 Å². The van der Waals surface area contributed by atoms with E-state index in [0.717, 1.165) is 4.90 Å². The van der Waals surface area contributed by atoms with Crippen molar-refractivity contribution in [2.75, 3.05) is 25.6 Å². The van der Waals surface area contributed by atoms with Crippen molar-refractivity contribution in [1.82, 2.24) is 20.2 Å². The number of carbonyl (C=O) groups is 1. The third-order valence-corrected chi connectivity index (χ3v) is 6.24. The van der Waals surface area contributed by atoms with E-state index < -0.39 is 18.3 Å². The van der Waals surface area contributed by atoms with E-state index in [-0.39, 0.29) is 18.8 Å². The topological polar surface area (TPSA) is 110 Å².